The second-order valence-electron chi connectivity index (χ2n) is 7.02. The van der Waals surface area contributed by atoms with Crippen LogP contribution in [0.5, 0.6) is 0 Å². The lowest BCUT2D eigenvalue weighted by atomic mass is 9.84. The van der Waals surface area contributed by atoms with E-state index in [2.05, 4.69) is 55.2 Å². The van der Waals surface area contributed by atoms with Gasteiger partial charge in [-0.3, -0.25) is 4.90 Å². The zero-order valence-corrected chi connectivity index (χ0v) is 14.4. The molecule has 0 aliphatic carbocycles. The van der Waals surface area contributed by atoms with Crippen LogP contribution in [0.4, 0.5) is 0 Å². The van der Waals surface area contributed by atoms with Crippen molar-refractivity contribution in [2.75, 3.05) is 19.6 Å². The van der Waals surface area contributed by atoms with Crippen molar-refractivity contribution >= 4 is 11.3 Å². The molecule has 4 heteroatoms. The monoisotopic (exact) mass is 295 g/mol. The SMILES string of the molecule is CCC1CNC(C(C)(C)C)CN1CCc1nc(C)cs1. The summed E-state index contributed by atoms with van der Waals surface area (Å²) in [6.07, 6.45) is 2.31. The van der Waals surface area contributed by atoms with Crippen molar-refractivity contribution in [3.8, 4) is 0 Å². The van der Waals surface area contributed by atoms with Crippen molar-refractivity contribution in [2.24, 2.45) is 5.41 Å². The van der Waals surface area contributed by atoms with Gasteiger partial charge in [0.1, 0.15) is 0 Å². The number of thiazole rings is 1. The fourth-order valence-electron chi connectivity index (χ4n) is 2.87. The topological polar surface area (TPSA) is 28.2 Å². The highest BCUT2D eigenvalue weighted by Crippen LogP contribution is 2.24. The molecule has 1 saturated heterocycles. The van der Waals surface area contributed by atoms with Crippen molar-refractivity contribution in [3.05, 3.63) is 16.1 Å². The Morgan fingerprint density at radius 1 is 1.45 bits per heavy atom. The van der Waals surface area contributed by atoms with Gasteiger partial charge in [-0.05, 0) is 18.8 Å². The fraction of sp³-hybridized carbons (Fsp3) is 0.812. The number of aryl methyl sites for hydroxylation is 1. The standard InChI is InChI=1S/C16H29N3S/c1-6-13-9-17-14(16(3,4)5)10-19(13)8-7-15-18-12(2)11-20-15/h11,13-14,17H,6-10H2,1-5H3. The van der Waals surface area contributed by atoms with Crippen LogP contribution in [-0.4, -0.2) is 41.6 Å². The molecule has 2 heterocycles. The molecule has 0 spiro atoms. The van der Waals surface area contributed by atoms with Crippen molar-refractivity contribution < 1.29 is 0 Å². The third kappa shape index (κ3) is 4.03. The van der Waals surface area contributed by atoms with Crippen molar-refractivity contribution in [1.29, 1.82) is 0 Å². The summed E-state index contributed by atoms with van der Waals surface area (Å²) in [6, 6.07) is 1.26. The molecule has 1 fully saturated rings. The molecule has 0 bridgehead atoms. The number of nitrogens with zero attached hydrogens (tertiary/aromatic N) is 2. The van der Waals surface area contributed by atoms with E-state index in [0.29, 0.717) is 17.5 Å². The molecule has 2 rings (SSSR count). The first-order valence-electron chi connectivity index (χ1n) is 7.78. The summed E-state index contributed by atoms with van der Waals surface area (Å²) in [5, 5.41) is 7.17. The molecular weight excluding hydrogens is 266 g/mol. The van der Waals surface area contributed by atoms with E-state index in [-0.39, 0.29) is 0 Å². The van der Waals surface area contributed by atoms with Gasteiger partial charge in [-0.1, -0.05) is 27.7 Å². The normalized spacial score (nSPS) is 25.1. The first-order chi connectivity index (χ1) is 9.40. The van der Waals surface area contributed by atoms with E-state index < -0.39 is 0 Å². The van der Waals surface area contributed by atoms with Crippen LogP contribution in [0.15, 0.2) is 5.38 Å². The number of aromatic nitrogens is 1. The number of hydrogen-bond acceptors (Lipinski definition) is 4. The van der Waals surface area contributed by atoms with Crippen molar-refractivity contribution in [3.63, 3.8) is 0 Å². The Balaban J connectivity index is 1.95. The molecule has 0 amide bonds. The lowest BCUT2D eigenvalue weighted by molar-refractivity contribution is 0.0846. The Bertz CT molecular complexity index is 422. The van der Waals surface area contributed by atoms with Gasteiger partial charge in [0, 0.05) is 49.2 Å². The maximum absolute atomic E-state index is 4.59. The van der Waals surface area contributed by atoms with Crippen LogP contribution < -0.4 is 5.32 Å². The van der Waals surface area contributed by atoms with E-state index in [1.807, 2.05) is 0 Å². The average Bonchev–Trinajstić information content (AvgIpc) is 2.80. The highest BCUT2D eigenvalue weighted by Gasteiger charge is 2.33. The molecule has 0 aromatic carbocycles. The number of hydrogen-bond donors (Lipinski definition) is 1. The van der Waals surface area contributed by atoms with Gasteiger partial charge in [0.05, 0.1) is 5.01 Å². The molecule has 1 aliphatic rings. The second kappa shape index (κ2) is 6.54. The van der Waals surface area contributed by atoms with Gasteiger partial charge in [0.25, 0.3) is 0 Å². The van der Waals surface area contributed by atoms with Crippen LogP contribution in [0, 0.1) is 12.3 Å². The summed E-state index contributed by atoms with van der Waals surface area (Å²) < 4.78 is 0. The van der Waals surface area contributed by atoms with Gasteiger partial charge in [-0.2, -0.15) is 0 Å². The fourth-order valence-corrected chi connectivity index (χ4v) is 3.63. The van der Waals surface area contributed by atoms with Gasteiger partial charge < -0.3 is 5.32 Å². The van der Waals surface area contributed by atoms with Crippen LogP contribution in [0.3, 0.4) is 0 Å². The Hall–Kier alpha value is -0.450. The second-order valence-corrected chi connectivity index (χ2v) is 7.96. The summed E-state index contributed by atoms with van der Waals surface area (Å²) in [6.45, 7) is 14.8. The number of piperazine rings is 1. The van der Waals surface area contributed by atoms with Gasteiger partial charge >= 0.3 is 0 Å². The molecule has 1 N–H and O–H groups in total. The van der Waals surface area contributed by atoms with Crippen molar-refractivity contribution in [2.45, 2.75) is 59.5 Å². The lowest BCUT2D eigenvalue weighted by Crippen LogP contribution is -2.60. The summed E-state index contributed by atoms with van der Waals surface area (Å²) in [5.41, 5.74) is 1.49. The molecule has 2 atom stereocenters. The van der Waals surface area contributed by atoms with E-state index in [1.54, 1.807) is 11.3 Å². The molecule has 0 radical (unpaired) electrons. The lowest BCUT2D eigenvalue weighted by Gasteiger charge is -2.45. The predicted octanol–water partition coefficient (Wildman–Crippen LogP) is 3.09. The van der Waals surface area contributed by atoms with Crippen LogP contribution in [-0.2, 0) is 6.42 Å². The smallest absolute Gasteiger partial charge is 0.0940 e. The number of rotatable bonds is 4. The summed E-state index contributed by atoms with van der Waals surface area (Å²) in [4.78, 5) is 7.26. The maximum Gasteiger partial charge on any atom is 0.0940 e. The van der Waals surface area contributed by atoms with Gasteiger partial charge in [-0.15, -0.1) is 11.3 Å². The molecule has 1 aromatic heterocycles. The van der Waals surface area contributed by atoms with Crippen molar-refractivity contribution in [1.82, 2.24) is 15.2 Å². The van der Waals surface area contributed by atoms with Crippen LogP contribution >= 0.6 is 11.3 Å². The number of nitrogens with one attached hydrogen (secondary N) is 1. The average molecular weight is 295 g/mol. The first-order valence-corrected chi connectivity index (χ1v) is 8.66. The van der Waals surface area contributed by atoms with Gasteiger partial charge in [0.2, 0.25) is 0 Å². The Labute approximate surface area is 127 Å². The highest BCUT2D eigenvalue weighted by molar-refractivity contribution is 7.09. The minimum Gasteiger partial charge on any atom is -0.311 e. The third-order valence-electron chi connectivity index (χ3n) is 4.33. The third-order valence-corrected chi connectivity index (χ3v) is 5.36. The molecule has 20 heavy (non-hydrogen) atoms. The van der Waals surface area contributed by atoms with Crippen LogP contribution in [0.25, 0.3) is 0 Å². The summed E-state index contributed by atoms with van der Waals surface area (Å²) >= 11 is 1.80. The van der Waals surface area contributed by atoms with E-state index >= 15 is 0 Å². The molecule has 3 nitrogen and oxygen atoms in total. The summed E-state index contributed by atoms with van der Waals surface area (Å²) in [7, 11) is 0. The van der Waals surface area contributed by atoms with E-state index in [0.717, 1.165) is 31.7 Å². The van der Waals surface area contributed by atoms with Gasteiger partial charge in [-0.25, -0.2) is 4.98 Å². The Morgan fingerprint density at radius 2 is 2.20 bits per heavy atom. The molecular formula is C16H29N3S. The van der Waals surface area contributed by atoms with Gasteiger partial charge in [0.15, 0.2) is 0 Å². The molecule has 1 aliphatic heterocycles. The zero-order chi connectivity index (χ0) is 14.8. The first kappa shape index (κ1) is 15.9. The molecule has 2 unspecified atom stereocenters. The molecule has 0 saturated carbocycles. The zero-order valence-electron chi connectivity index (χ0n) is 13.6. The van der Waals surface area contributed by atoms with E-state index in [1.165, 1.54) is 11.4 Å². The Morgan fingerprint density at radius 3 is 2.75 bits per heavy atom. The Kier molecular flexibility index (Phi) is 5.21. The predicted molar refractivity (Wildman–Crippen MR) is 87.5 cm³/mol. The minimum atomic E-state index is 0.328. The summed E-state index contributed by atoms with van der Waals surface area (Å²) in [5.74, 6) is 0. The molecule has 1 aromatic rings. The van der Waals surface area contributed by atoms with E-state index in [4.69, 9.17) is 0 Å². The minimum absolute atomic E-state index is 0.328. The van der Waals surface area contributed by atoms with E-state index in [9.17, 15) is 0 Å². The quantitative estimate of drug-likeness (QED) is 0.925. The largest absolute Gasteiger partial charge is 0.311 e. The van der Waals surface area contributed by atoms with Crippen LogP contribution in [0.1, 0.15) is 44.8 Å². The maximum atomic E-state index is 4.59. The van der Waals surface area contributed by atoms with Crippen LogP contribution in [0.2, 0.25) is 0 Å². The highest BCUT2D eigenvalue weighted by atomic mass is 32.1. The molecule has 114 valence electrons.